The molecule has 1 saturated heterocycles. The number of rotatable bonds is 4. The fraction of sp³-hybridized carbons (Fsp3) is 0.231. The number of aryl methyl sites for hydroxylation is 1. The maximum Gasteiger partial charge on any atom is 0.408 e. The van der Waals surface area contributed by atoms with Crippen LogP contribution < -0.4 is 0 Å². The third-order valence-electron chi connectivity index (χ3n) is 6.43. The normalized spacial score (nSPS) is 18.5. The Morgan fingerprint density at radius 2 is 1.77 bits per heavy atom. The van der Waals surface area contributed by atoms with Crippen LogP contribution in [0.2, 0.25) is 0 Å². The fourth-order valence-electron chi connectivity index (χ4n) is 4.96. The molecule has 0 spiro atoms. The van der Waals surface area contributed by atoms with Gasteiger partial charge in [-0.3, -0.25) is 4.90 Å². The van der Waals surface area contributed by atoms with E-state index in [2.05, 4.69) is 37.3 Å². The van der Waals surface area contributed by atoms with Gasteiger partial charge in [0.15, 0.2) is 0 Å². The number of hydrogen-bond acceptors (Lipinski definition) is 2. The van der Waals surface area contributed by atoms with Crippen molar-refractivity contribution in [1.29, 1.82) is 0 Å². The molecule has 0 radical (unpaired) electrons. The largest absolute Gasteiger partial charge is 0.465 e. The number of fused-ring (bicyclic) bond motifs is 1. The number of benzene rings is 2. The molecule has 1 aliphatic heterocycles. The summed E-state index contributed by atoms with van der Waals surface area (Å²) in [4.78, 5) is 18.9. The average molecular weight is 412 g/mol. The zero-order chi connectivity index (χ0) is 21.4. The molecular formula is C26H25N3O2. The second-order valence-corrected chi connectivity index (χ2v) is 8.33. The van der Waals surface area contributed by atoms with Gasteiger partial charge in [-0.05, 0) is 42.5 Å². The van der Waals surface area contributed by atoms with Crippen LogP contribution in [0.3, 0.4) is 0 Å². The van der Waals surface area contributed by atoms with E-state index in [1.54, 1.807) is 4.90 Å². The maximum atomic E-state index is 12.2. The summed E-state index contributed by atoms with van der Waals surface area (Å²) in [6, 6.07) is 22.5. The first-order valence-corrected chi connectivity index (χ1v) is 10.7. The summed E-state index contributed by atoms with van der Waals surface area (Å²) in [5, 5.41) is 10.0. The van der Waals surface area contributed by atoms with Gasteiger partial charge in [-0.2, -0.15) is 0 Å². The standard InChI is InChI=1S/C26H25N3O2/c1-19-13-16-28-18-22(27-24(28)23(19)21-11-6-3-7-12-21)26(14-8-15-29(26)25(30)31)17-20-9-4-2-5-10-20/h2-7,9-13,16,18H,8,14-15,17H2,1H3,(H,30,31). The first-order valence-electron chi connectivity index (χ1n) is 10.7. The van der Waals surface area contributed by atoms with Crippen LogP contribution in [0.15, 0.2) is 79.1 Å². The van der Waals surface area contributed by atoms with Crippen LogP contribution >= 0.6 is 0 Å². The quantitative estimate of drug-likeness (QED) is 0.481. The van der Waals surface area contributed by atoms with Crippen molar-refractivity contribution in [1.82, 2.24) is 14.3 Å². The summed E-state index contributed by atoms with van der Waals surface area (Å²) in [6.07, 6.45) is 5.36. The minimum absolute atomic E-state index is 0.528. The van der Waals surface area contributed by atoms with Crippen LogP contribution in [0.4, 0.5) is 4.79 Å². The van der Waals surface area contributed by atoms with E-state index in [9.17, 15) is 9.90 Å². The second kappa shape index (κ2) is 7.58. The molecule has 1 unspecified atom stereocenters. The molecule has 5 heteroatoms. The number of carbonyl (C=O) groups is 1. The number of carboxylic acid groups (broad SMARTS) is 1. The van der Waals surface area contributed by atoms with Crippen LogP contribution in [0, 0.1) is 6.92 Å². The molecule has 3 heterocycles. The van der Waals surface area contributed by atoms with Crippen LogP contribution in [0.25, 0.3) is 16.8 Å². The number of hydrogen-bond donors (Lipinski definition) is 1. The van der Waals surface area contributed by atoms with E-state index in [-0.39, 0.29) is 0 Å². The molecular weight excluding hydrogens is 386 g/mol. The zero-order valence-corrected chi connectivity index (χ0v) is 17.5. The summed E-state index contributed by atoms with van der Waals surface area (Å²) < 4.78 is 2.04. The summed E-state index contributed by atoms with van der Waals surface area (Å²) in [5.41, 5.74) is 5.48. The van der Waals surface area contributed by atoms with E-state index >= 15 is 0 Å². The molecule has 1 atom stereocenters. The molecule has 1 amide bonds. The van der Waals surface area contributed by atoms with E-state index in [0.29, 0.717) is 13.0 Å². The van der Waals surface area contributed by atoms with E-state index < -0.39 is 11.6 Å². The highest BCUT2D eigenvalue weighted by Crippen LogP contribution is 2.42. The highest BCUT2D eigenvalue weighted by molar-refractivity contribution is 5.80. The predicted molar refractivity (Wildman–Crippen MR) is 121 cm³/mol. The topological polar surface area (TPSA) is 57.8 Å². The first kappa shape index (κ1) is 19.4. The third-order valence-corrected chi connectivity index (χ3v) is 6.43. The number of aromatic nitrogens is 2. The van der Waals surface area contributed by atoms with Gasteiger partial charge >= 0.3 is 6.09 Å². The van der Waals surface area contributed by atoms with Gasteiger partial charge < -0.3 is 9.51 Å². The van der Waals surface area contributed by atoms with Crippen LogP contribution in [-0.4, -0.2) is 32.0 Å². The number of amides is 1. The monoisotopic (exact) mass is 411 g/mol. The molecule has 1 N–H and O–H groups in total. The lowest BCUT2D eigenvalue weighted by molar-refractivity contribution is 0.0985. The molecule has 156 valence electrons. The Hall–Kier alpha value is -3.60. The van der Waals surface area contributed by atoms with E-state index in [1.165, 1.54) is 0 Å². The molecule has 0 bridgehead atoms. The molecule has 2 aromatic carbocycles. The summed E-state index contributed by atoms with van der Waals surface area (Å²) in [7, 11) is 0. The Morgan fingerprint density at radius 3 is 2.48 bits per heavy atom. The van der Waals surface area contributed by atoms with Crippen molar-refractivity contribution < 1.29 is 9.90 Å². The van der Waals surface area contributed by atoms with Gasteiger partial charge in [-0.25, -0.2) is 9.78 Å². The predicted octanol–water partition coefficient (Wildman–Crippen LogP) is 5.52. The van der Waals surface area contributed by atoms with Crippen molar-refractivity contribution in [2.75, 3.05) is 6.54 Å². The third kappa shape index (κ3) is 3.26. The highest BCUT2D eigenvalue weighted by atomic mass is 16.4. The smallest absolute Gasteiger partial charge is 0.408 e. The fourth-order valence-corrected chi connectivity index (χ4v) is 4.96. The summed E-state index contributed by atoms with van der Waals surface area (Å²) in [6.45, 7) is 2.62. The lowest BCUT2D eigenvalue weighted by atomic mass is 9.85. The Labute approximate surface area is 181 Å². The molecule has 31 heavy (non-hydrogen) atoms. The van der Waals surface area contributed by atoms with Gasteiger partial charge in [0.1, 0.15) is 5.65 Å². The zero-order valence-electron chi connectivity index (χ0n) is 17.5. The van der Waals surface area contributed by atoms with Gasteiger partial charge in [-0.15, -0.1) is 0 Å². The molecule has 5 nitrogen and oxygen atoms in total. The summed E-state index contributed by atoms with van der Waals surface area (Å²) in [5.74, 6) is 0. The Bertz CT molecular complexity index is 1230. The van der Waals surface area contributed by atoms with Gasteiger partial charge in [0.05, 0.1) is 11.2 Å². The molecule has 1 aliphatic rings. The highest BCUT2D eigenvalue weighted by Gasteiger charge is 2.47. The minimum Gasteiger partial charge on any atom is -0.465 e. The van der Waals surface area contributed by atoms with Crippen molar-refractivity contribution in [3.05, 3.63) is 95.9 Å². The first-order chi connectivity index (χ1) is 15.1. The van der Waals surface area contributed by atoms with E-state index in [1.807, 2.05) is 53.2 Å². The van der Waals surface area contributed by atoms with Crippen LogP contribution in [0.1, 0.15) is 29.7 Å². The molecule has 2 aromatic heterocycles. The van der Waals surface area contributed by atoms with E-state index in [4.69, 9.17) is 4.98 Å². The number of nitrogens with zero attached hydrogens (tertiary/aromatic N) is 3. The van der Waals surface area contributed by atoms with E-state index in [0.717, 1.165) is 46.4 Å². The number of pyridine rings is 1. The molecule has 0 aliphatic carbocycles. The average Bonchev–Trinajstić information content (AvgIpc) is 3.40. The number of imidazole rings is 1. The molecule has 1 fully saturated rings. The van der Waals surface area contributed by atoms with Crippen LogP contribution in [-0.2, 0) is 12.0 Å². The Balaban J connectivity index is 1.70. The van der Waals surface area contributed by atoms with Crippen molar-refractivity contribution in [2.45, 2.75) is 31.7 Å². The second-order valence-electron chi connectivity index (χ2n) is 8.33. The molecule has 4 aromatic rings. The van der Waals surface area contributed by atoms with Gasteiger partial charge in [0.25, 0.3) is 0 Å². The minimum atomic E-state index is -0.884. The Morgan fingerprint density at radius 1 is 1.06 bits per heavy atom. The number of likely N-dealkylation sites (tertiary alicyclic amines) is 1. The van der Waals surface area contributed by atoms with Crippen molar-refractivity contribution in [2.24, 2.45) is 0 Å². The lowest BCUT2D eigenvalue weighted by Gasteiger charge is -2.35. The van der Waals surface area contributed by atoms with Gasteiger partial charge in [0, 0.05) is 30.9 Å². The lowest BCUT2D eigenvalue weighted by Crippen LogP contribution is -2.46. The van der Waals surface area contributed by atoms with Gasteiger partial charge in [0.2, 0.25) is 0 Å². The summed E-state index contributed by atoms with van der Waals surface area (Å²) >= 11 is 0. The van der Waals surface area contributed by atoms with Crippen molar-refractivity contribution >= 4 is 11.7 Å². The Kier molecular flexibility index (Phi) is 4.74. The molecule has 0 saturated carbocycles. The van der Waals surface area contributed by atoms with Crippen LogP contribution in [0.5, 0.6) is 0 Å². The SMILES string of the molecule is Cc1ccn2cc(C3(Cc4ccccc4)CCCN3C(=O)O)nc2c1-c1ccccc1. The van der Waals surface area contributed by atoms with Gasteiger partial charge in [-0.1, -0.05) is 60.7 Å². The van der Waals surface area contributed by atoms with Crippen molar-refractivity contribution in [3.8, 4) is 11.1 Å². The molecule has 5 rings (SSSR count). The maximum absolute atomic E-state index is 12.2. The van der Waals surface area contributed by atoms with Crippen molar-refractivity contribution in [3.63, 3.8) is 0 Å².